The molecule has 96 valence electrons. The van der Waals surface area contributed by atoms with Gasteiger partial charge < -0.3 is 4.90 Å². The van der Waals surface area contributed by atoms with Gasteiger partial charge in [0.05, 0.1) is 0 Å². The van der Waals surface area contributed by atoms with Gasteiger partial charge in [-0.1, -0.05) is 42.5 Å². The van der Waals surface area contributed by atoms with Crippen molar-refractivity contribution in [3.8, 4) is 0 Å². The molecule has 0 unspecified atom stereocenters. The van der Waals surface area contributed by atoms with E-state index in [2.05, 4.69) is 42.2 Å². The topological polar surface area (TPSA) is 20.3 Å². The number of carbonyl (C=O) groups excluding carboxylic acids is 1. The zero-order valence-electron chi connectivity index (χ0n) is 11.0. The van der Waals surface area contributed by atoms with Crippen LogP contribution in [0.2, 0.25) is 0 Å². The second-order valence-electron chi connectivity index (χ2n) is 5.13. The molecule has 1 aliphatic rings. The summed E-state index contributed by atoms with van der Waals surface area (Å²) in [6.45, 7) is 3.12. The molecule has 0 amide bonds. The van der Waals surface area contributed by atoms with Crippen molar-refractivity contribution < 1.29 is 4.79 Å². The molecular formula is C17H17NO. The molecule has 0 aromatic heterocycles. The van der Waals surface area contributed by atoms with Gasteiger partial charge in [-0.3, -0.25) is 4.79 Å². The van der Waals surface area contributed by atoms with Crippen LogP contribution in [0, 0.1) is 0 Å². The molecule has 0 N–H and O–H groups in total. The minimum Gasteiger partial charge on any atom is -0.364 e. The quantitative estimate of drug-likeness (QED) is 0.779. The Balaban J connectivity index is 1.95. The zero-order valence-corrected chi connectivity index (χ0v) is 11.0. The van der Waals surface area contributed by atoms with Crippen LogP contribution in [-0.2, 0) is 13.0 Å². The lowest BCUT2D eigenvalue weighted by Crippen LogP contribution is -2.28. The van der Waals surface area contributed by atoms with Gasteiger partial charge in [-0.15, -0.1) is 0 Å². The molecule has 2 heteroatoms. The van der Waals surface area contributed by atoms with Crippen molar-refractivity contribution in [3.63, 3.8) is 0 Å². The first-order valence-corrected chi connectivity index (χ1v) is 6.67. The number of nitrogens with zero attached hydrogens (tertiary/aromatic N) is 1. The number of rotatable bonds is 3. The smallest absolute Gasteiger partial charge is 0.150 e. The highest BCUT2D eigenvalue weighted by molar-refractivity contribution is 5.82. The maximum Gasteiger partial charge on any atom is 0.150 e. The molecule has 2 nitrogen and oxygen atoms in total. The van der Waals surface area contributed by atoms with Crippen molar-refractivity contribution in [1.82, 2.24) is 0 Å². The zero-order chi connectivity index (χ0) is 13.2. The summed E-state index contributed by atoms with van der Waals surface area (Å²) in [5.74, 6) is 0. The standard InChI is InChI=1S/C17H17NO/c1-13-10-16-15(12-19)8-5-9-17(16)18(13)11-14-6-3-2-4-7-14/h2-9,12-13H,10-11H2,1H3/t13-/m1/s1. The van der Waals surface area contributed by atoms with Crippen LogP contribution in [0.1, 0.15) is 28.4 Å². The highest BCUT2D eigenvalue weighted by atomic mass is 16.1. The Labute approximate surface area is 113 Å². The number of fused-ring (bicyclic) bond motifs is 1. The molecule has 19 heavy (non-hydrogen) atoms. The minimum absolute atomic E-state index is 0.441. The van der Waals surface area contributed by atoms with Crippen LogP contribution in [0.4, 0.5) is 5.69 Å². The number of hydrogen-bond donors (Lipinski definition) is 0. The van der Waals surface area contributed by atoms with Gasteiger partial charge in [0.25, 0.3) is 0 Å². The van der Waals surface area contributed by atoms with Crippen molar-refractivity contribution >= 4 is 12.0 Å². The number of aldehydes is 1. The van der Waals surface area contributed by atoms with E-state index in [1.807, 2.05) is 18.2 Å². The maximum atomic E-state index is 11.1. The summed E-state index contributed by atoms with van der Waals surface area (Å²) >= 11 is 0. The molecule has 0 aliphatic carbocycles. The Bertz CT molecular complexity index is 591. The van der Waals surface area contributed by atoms with Gasteiger partial charge in [-0.05, 0) is 30.5 Å². The highest BCUT2D eigenvalue weighted by Gasteiger charge is 2.27. The minimum atomic E-state index is 0.441. The molecule has 1 aliphatic heterocycles. The third kappa shape index (κ3) is 2.14. The molecule has 0 bridgehead atoms. The molecule has 1 atom stereocenters. The third-order valence-electron chi connectivity index (χ3n) is 3.85. The predicted octanol–water partition coefficient (Wildman–Crippen LogP) is 3.45. The average molecular weight is 251 g/mol. The van der Waals surface area contributed by atoms with Gasteiger partial charge in [0.1, 0.15) is 6.29 Å². The fraction of sp³-hybridized carbons (Fsp3) is 0.235. The van der Waals surface area contributed by atoms with Gasteiger partial charge in [-0.25, -0.2) is 0 Å². The summed E-state index contributed by atoms with van der Waals surface area (Å²) < 4.78 is 0. The fourth-order valence-corrected chi connectivity index (χ4v) is 2.86. The summed E-state index contributed by atoms with van der Waals surface area (Å²) in [5, 5.41) is 0. The summed E-state index contributed by atoms with van der Waals surface area (Å²) in [6, 6.07) is 16.9. The van der Waals surface area contributed by atoms with Crippen LogP contribution in [-0.4, -0.2) is 12.3 Å². The fourth-order valence-electron chi connectivity index (χ4n) is 2.86. The molecule has 0 saturated carbocycles. The van der Waals surface area contributed by atoms with Gasteiger partial charge >= 0.3 is 0 Å². The highest BCUT2D eigenvalue weighted by Crippen LogP contribution is 2.34. The van der Waals surface area contributed by atoms with Crippen LogP contribution >= 0.6 is 0 Å². The van der Waals surface area contributed by atoms with Crippen LogP contribution in [0.3, 0.4) is 0 Å². The summed E-state index contributed by atoms with van der Waals surface area (Å²) in [7, 11) is 0. The Morgan fingerprint density at radius 3 is 2.68 bits per heavy atom. The van der Waals surface area contributed by atoms with Crippen molar-refractivity contribution in [2.45, 2.75) is 25.9 Å². The van der Waals surface area contributed by atoms with E-state index in [1.54, 1.807) is 0 Å². The van der Waals surface area contributed by atoms with Crippen molar-refractivity contribution in [1.29, 1.82) is 0 Å². The van der Waals surface area contributed by atoms with Gasteiger partial charge in [-0.2, -0.15) is 0 Å². The molecule has 0 spiro atoms. The van der Waals surface area contributed by atoms with Gasteiger partial charge in [0, 0.05) is 23.8 Å². The van der Waals surface area contributed by atoms with E-state index in [-0.39, 0.29) is 0 Å². The molecule has 0 fully saturated rings. The molecular weight excluding hydrogens is 234 g/mol. The normalized spacial score (nSPS) is 17.3. The summed E-state index contributed by atoms with van der Waals surface area (Å²) in [6.07, 6.45) is 1.93. The van der Waals surface area contributed by atoms with Gasteiger partial charge in [0.15, 0.2) is 0 Å². The average Bonchev–Trinajstić information content (AvgIpc) is 2.76. The Morgan fingerprint density at radius 2 is 1.95 bits per heavy atom. The number of hydrogen-bond acceptors (Lipinski definition) is 2. The Kier molecular flexibility index (Phi) is 3.08. The molecule has 1 heterocycles. The van der Waals surface area contributed by atoms with E-state index in [4.69, 9.17) is 0 Å². The van der Waals surface area contributed by atoms with E-state index in [0.29, 0.717) is 6.04 Å². The van der Waals surface area contributed by atoms with Crippen LogP contribution in [0.25, 0.3) is 0 Å². The number of anilines is 1. The second kappa shape index (κ2) is 4.88. The Morgan fingerprint density at radius 1 is 1.16 bits per heavy atom. The lowest BCUT2D eigenvalue weighted by atomic mass is 10.0. The number of benzene rings is 2. The van der Waals surface area contributed by atoms with Crippen LogP contribution in [0.5, 0.6) is 0 Å². The lowest BCUT2D eigenvalue weighted by Gasteiger charge is -2.25. The lowest BCUT2D eigenvalue weighted by molar-refractivity contribution is 0.112. The van der Waals surface area contributed by atoms with Crippen LogP contribution in [0.15, 0.2) is 48.5 Å². The molecule has 2 aromatic carbocycles. The van der Waals surface area contributed by atoms with E-state index in [1.165, 1.54) is 16.8 Å². The summed E-state index contributed by atoms with van der Waals surface area (Å²) in [4.78, 5) is 13.5. The molecule has 0 radical (unpaired) electrons. The summed E-state index contributed by atoms with van der Waals surface area (Å²) in [5.41, 5.74) is 4.54. The second-order valence-corrected chi connectivity index (χ2v) is 5.13. The largest absolute Gasteiger partial charge is 0.364 e. The predicted molar refractivity (Wildman–Crippen MR) is 77.6 cm³/mol. The van der Waals surface area contributed by atoms with E-state index in [9.17, 15) is 4.79 Å². The van der Waals surface area contributed by atoms with E-state index < -0.39 is 0 Å². The Hall–Kier alpha value is -2.09. The first-order valence-electron chi connectivity index (χ1n) is 6.67. The molecule has 3 rings (SSSR count). The molecule has 2 aromatic rings. The monoisotopic (exact) mass is 251 g/mol. The van der Waals surface area contributed by atoms with Crippen molar-refractivity contribution in [3.05, 3.63) is 65.2 Å². The van der Waals surface area contributed by atoms with Crippen LogP contribution < -0.4 is 4.90 Å². The van der Waals surface area contributed by atoms with Crippen molar-refractivity contribution in [2.75, 3.05) is 4.90 Å². The van der Waals surface area contributed by atoms with E-state index in [0.717, 1.165) is 24.8 Å². The first kappa shape index (κ1) is 12.0. The number of carbonyl (C=O) groups is 1. The van der Waals surface area contributed by atoms with Gasteiger partial charge in [0.2, 0.25) is 0 Å². The first-order chi connectivity index (χ1) is 9.29. The van der Waals surface area contributed by atoms with E-state index >= 15 is 0 Å². The molecule has 0 saturated heterocycles. The SMILES string of the molecule is C[C@@H]1Cc2c(C=O)cccc2N1Cc1ccccc1. The van der Waals surface area contributed by atoms with Crippen molar-refractivity contribution in [2.24, 2.45) is 0 Å². The maximum absolute atomic E-state index is 11.1. The third-order valence-corrected chi connectivity index (χ3v) is 3.85.